The summed E-state index contributed by atoms with van der Waals surface area (Å²) in [6.45, 7) is 5.81. The van der Waals surface area contributed by atoms with Gasteiger partial charge < -0.3 is 10.1 Å². The van der Waals surface area contributed by atoms with Crippen molar-refractivity contribution in [3.05, 3.63) is 65.7 Å². The first kappa shape index (κ1) is 16.1. The van der Waals surface area contributed by atoms with Gasteiger partial charge in [-0.25, -0.2) is 0 Å². The number of carbonyl (C=O) groups excluding carboxylic acids is 1. The van der Waals surface area contributed by atoms with E-state index in [1.165, 1.54) is 0 Å². The summed E-state index contributed by atoms with van der Waals surface area (Å²) >= 11 is 0. The summed E-state index contributed by atoms with van der Waals surface area (Å²) in [6, 6.07) is 17.7. The summed E-state index contributed by atoms with van der Waals surface area (Å²) < 4.78 is 5.78. The van der Waals surface area contributed by atoms with E-state index in [1.54, 1.807) is 6.92 Å². The molecule has 0 heterocycles. The van der Waals surface area contributed by atoms with Gasteiger partial charge in [-0.1, -0.05) is 55.5 Å². The fraction of sp³-hybridized carbons (Fsp3) is 0.316. The van der Waals surface area contributed by atoms with Crippen molar-refractivity contribution in [3.8, 4) is 5.75 Å². The Bertz CT molecular complexity index is 610. The molecule has 2 atom stereocenters. The molecule has 2 aromatic rings. The van der Waals surface area contributed by atoms with Gasteiger partial charge in [0.2, 0.25) is 0 Å². The number of amides is 1. The van der Waals surface area contributed by atoms with Crippen molar-refractivity contribution in [2.75, 3.05) is 0 Å². The number of para-hydroxylation sites is 1. The molecule has 0 radical (unpaired) electrons. The Morgan fingerprint density at radius 1 is 1.09 bits per heavy atom. The lowest BCUT2D eigenvalue weighted by Gasteiger charge is -2.21. The minimum absolute atomic E-state index is 0.0108. The lowest BCUT2D eigenvalue weighted by atomic mass is 10.0. The molecular weight excluding hydrogens is 274 g/mol. The molecule has 0 unspecified atom stereocenters. The number of hydrogen-bond acceptors (Lipinski definition) is 2. The smallest absolute Gasteiger partial charge is 0.261 e. The Hall–Kier alpha value is -2.29. The highest BCUT2D eigenvalue weighted by atomic mass is 16.5. The molecule has 0 bridgehead atoms. The van der Waals surface area contributed by atoms with Gasteiger partial charge in [0.1, 0.15) is 5.75 Å². The van der Waals surface area contributed by atoms with Crippen LogP contribution in [0.15, 0.2) is 54.6 Å². The first-order valence-electron chi connectivity index (χ1n) is 7.69. The predicted molar refractivity (Wildman–Crippen MR) is 88.9 cm³/mol. The molecule has 0 aliphatic heterocycles. The normalized spacial score (nSPS) is 13.2. The molecule has 0 saturated carbocycles. The lowest BCUT2D eigenvalue weighted by molar-refractivity contribution is -0.128. The van der Waals surface area contributed by atoms with E-state index in [0.29, 0.717) is 0 Å². The van der Waals surface area contributed by atoms with Crippen molar-refractivity contribution in [1.29, 1.82) is 0 Å². The van der Waals surface area contributed by atoms with Gasteiger partial charge in [-0.15, -0.1) is 0 Å². The number of aryl methyl sites for hydroxylation is 1. The molecule has 1 N–H and O–H groups in total. The predicted octanol–water partition coefficient (Wildman–Crippen LogP) is 4.03. The molecule has 2 aromatic carbocycles. The fourth-order valence-corrected chi connectivity index (χ4v) is 2.33. The third-order valence-corrected chi connectivity index (χ3v) is 3.69. The molecule has 116 valence electrons. The Morgan fingerprint density at radius 2 is 1.73 bits per heavy atom. The van der Waals surface area contributed by atoms with Gasteiger partial charge in [0, 0.05) is 0 Å². The maximum absolute atomic E-state index is 12.4. The van der Waals surface area contributed by atoms with Gasteiger partial charge in [-0.2, -0.15) is 0 Å². The molecule has 0 aromatic heterocycles. The van der Waals surface area contributed by atoms with Crippen LogP contribution in [-0.2, 0) is 4.79 Å². The van der Waals surface area contributed by atoms with Gasteiger partial charge in [0.25, 0.3) is 5.91 Å². The Kier molecular flexibility index (Phi) is 5.59. The highest BCUT2D eigenvalue weighted by Crippen LogP contribution is 2.19. The summed E-state index contributed by atoms with van der Waals surface area (Å²) in [5.74, 6) is 0.650. The van der Waals surface area contributed by atoms with Crippen LogP contribution in [0.1, 0.15) is 37.4 Å². The van der Waals surface area contributed by atoms with E-state index >= 15 is 0 Å². The maximum Gasteiger partial charge on any atom is 0.261 e. The second kappa shape index (κ2) is 7.64. The lowest BCUT2D eigenvalue weighted by Crippen LogP contribution is -2.38. The fourth-order valence-electron chi connectivity index (χ4n) is 2.33. The second-order valence-electron chi connectivity index (χ2n) is 5.41. The third kappa shape index (κ3) is 4.10. The molecule has 0 saturated heterocycles. The van der Waals surface area contributed by atoms with Crippen LogP contribution in [0.25, 0.3) is 0 Å². The summed E-state index contributed by atoms with van der Waals surface area (Å²) in [5.41, 5.74) is 2.14. The Morgan fingerprint density at radius 3 is 2.36 bits per heavy atom. The molecule has 1 amide bonds. The molecule has 0 aliphatic carbocycles. The monoisotopic (exact) mass is 297 g/mol. The summed E-state index contributed by atoms with van der Waals surface area (Å²) in [4.78, 5) is 12.4. The van der Waals surface area contributed by atoms with E-state index in [0.717, 1.165) is 23.3 Å². The van der Waals surface area contributed by atoms with Crippen LogP contribution in [0, 0.1) is 6.92 Å². The van der Waals surface area contributed by atoms with E-state index < -0.39 is 6.10 Å². The van der Waals surface area contributed by atoms with E-state index in [2.05, 4.69) is 12.2 Å². The molecular formula is C19H23NO2. The SMILES string of the molecule is CC[C@H](NC(=O)[C@H](C)Oc1ccccc1C)c1ccccc1. The zero-order valence-electron chi connectivity index (χ0n) is 13.4. The molecule has 0 fully saturated rings. The molecule has 3 heteroatoms. The maximum atomic E-state index is 12.4. The Labute approximate surface area is 132 Å². The van der Waals surface area contributed by atoms with Gasteiger partial charge in [0.15, 0.2) is 6.10 Å². The molecule has 22 heavy (non-hydrogen) atoms. The number of carbonyl (C=O) groups is 1. The molecule has 0 aliphatic rings. The highest BCUT2D eigenvalue weighted by Gasteiger charge is 2.19. The molecule has 0 spiro atoms. The number of rotatable bonds is 6. The second-order valence-corrected chi connectivity index (χ2v) is 5.41. The first-order chi connectivity index (χ1) is 10.6. The van der Waals surface area contributed by atoms with E-state index in [9.17, 15) is 4.79 Å². The minimum atomic E-state index is -0.529. The summed E-state index contributed by atoms with van der Waals surface area (Å²) in [5, 5.41) is 3.06. The van der Waals surface area contributed by atoms with Crippen molar-refractivity contribution >= 4 is 5.91 Å². The third-order valence-electron chi connectivity index (χ3n) is 3.69. The van der Waals surface area contributed by atoms with Gasteiger partial charge >= 0.3 is 0 Å². The average Bonchev–Trinajstić information content (AvgIpc) is 2.55. The summed E-state index contributed by atoms with van der Waals surface area (Å²) in [7, 11) is 0. The quantitative estimate of drug-likeness (QED) is 0.874. The van der Waals surface area contributed by atoms with Gasteiger partial charge in [-0.05, 0) is 37.5 Å². The molecule has 3 nitrogen and oxygen atoms in total. The average molecular weight is 297 g/mol. The molecule has 2 rings (SSSR count). The van der Waals surface area contributed by atoms with E-state index in [-0.39, 0.29) is 11.9 Å². The van der Waals surface area contributed by atoms with Crippen molar-refractivity contribution < 1.29 is 9.53 Å². The van der Waals surface area contributed by atoms with Crippen LogP contribution in [0.5, 0.6) is 5.75 Å². The zero-order chi connectivity index (χ0) is 15.9. The van der Waals surface area contributed by atoms with Crippen LogP contribution in [-0.4, -0.2) is 12.0 Å². The standard InChI is InChI=1S/C19H23NO2/c1-4-17(16-11-6-5-7-12-16)20-19(21)15(3)22-18-13-9-8-10-14(18)2/h5-13,15,17H,4H2,1-3H3,(H,20,21)/t15-,17-/m0/s1. The topological polar surface area (TPSA) is 38.3 Å². The van der Waals surface area contributed by atoms with E-state index in [4.69, 9.17) is 4.74 Å². The van der Waals surface area contributed by atoms with E-state index in [1.807, 2.05) is 61.5 Å². The minimum Gasteiger partial charge on any atom is -0.481 e. The van der Waals surface area contributed by atoms with Crippen LogP contribution in [0.2, 0.25) is 0 Å². The summed E-state index contributed by atoms with van der Waals surface area (Å²) in [6.07, 6.45) is 0.311. The zero-order valence-corrected chi connectivity index (χ0v) is 13.4. The largest absolute Gasteiger partial charge is 0.481 e. The number of benzene rings is 2. The number of ether oxygens (including phenoxy) is 1. The first-order valence-corrected chi connectivity index (χ1v) is 7.69. The van der Waals surface area contributed by atoms with Crippen LogP contribution in [0.4, 0.5) is 0 Å². The van der Waals surface area contributed by atoms with Crippen LogP contribution >= 0.6 is 0 Å². The number of nitrogens with one attached hydrogen (secondary N) is 1. The Balaban J connectivity index is 2.00. The van der Waals surface area contributed by atoms with Gasteiger partial charge in [-0.3, -0.25) is 4.79 Å². The highest BCUT2D eigenvalue weighted by molar-refractivity contribution is 5.81. The van der Waals surface area contributed by atoms with Crippen molar-refractivity contribution in [3.63, 3.8) is 0 Å². The van der Waals surface area contributed by atoms with Crippen molar-refractivity contribution in [1.82, 2.24) is 5.32 Å². The van der Waals surface area contributed by atoms with Crippen LogP contribution < -0.4 is 10.1 Å². The van der Waals surface area contributed by atoms with Crippen molar-refractivity contribution in [2.45, 2.75) is 39.3 Å². The number of hydrogen-bond donors (Lipinski definition) is 1. The van der Waals surface area contributed by atoms with Crippen LogP contribution in [0.3, 0.4) is 0 Å². The van der Waals surface area contributed by atoms with Gasteiger partial charge in [0.05, 0.1) is 6.04 Å². The van der Waals surface area contributed by atoms with Crippen molar-refractivity contribution in [2.24, 2.45) is 0 Å².